The molecule has 0 amide bonds. The molecule has 1 heterocycles. The van der Waals surface area contributed by atoms with Gasteiger partial charge in [-0.1, -0.05) is 27.7 Å². The maximum atomic E-state index is 10.8. The Hall–Kier alpha value is -0.900. The Balaban J connectivity index is 3.07. The second-order valence-corrected chi connectivity index (χ2v) is 6.12. The van der Waals surface area contributed by atoms with Crippen LogP contribution in [0.1, 0.15) is 49.7 Å². The van der Waals surface area contributed by atoms with E-state index in [-0.39, 0.29) is 11.8 Å². The lowest BCUT2D eigenvalue weighted by atomic mass is 9.91. The van der Waals surface area contributed by atoms with Gasteiger partial charge >= 0.3 is 5.97 Å². The van der Waals surface area contributed by atoms with Crippen molar-refractivity contribution in [2.75, 3.05) is 0 Å². The molecule has 16 heavy (non-hydrogen) atoms. The molecule has 0 atom stereocenters. The molecule has 1 rings (SSSR count). The summed E-state index contributed by atoms with van der Waals surface area (Å²) in [5.74, 6) is -0.780. The predicted molar refractivity (Wildman–Crippen MR) is 66.1 cm³/mol. The Morgan fingerprint density at radius 2 is 2.06 bits per heavy atom. The van der Waals surface area contributed by atoms with Crippen molar-refractivity contribution in [1.82, 2.24) is 4.98 Å². The molecule has 4 heteroatoms. The quantitative estimate of drug-likeness (QED) is 0.881. The van der Waals surface area contributed by atoms with Crippen LogP contribution in [0.2, 0.25) is 0 Å². The van der Waals surface area contributed by atoms with E-state index >= 15 is 0 Å². The number of hydrogen-bond donors (Lipinski definition) is 1. The molecule has 0 aromatic carbocycles. The zero-order valence-electron chi connectivity index (χ0n) is 10.3. The highest BCUT2D eigenvalue weighted by molar-refractivity contribution is 7.11. The number of aromatic nitrogens is 1. The Labute approximate surface area is 101 Å². The number of carboxylic acids is 1. The fourth-order valence-electron chi connectivity index (χ4n) is 1.56. The molecule has 0 radical (unpaired) electrons. The van der Waals surface area contributed by atoms with Crippen molar-refractivity contribution in [1.29, 1.82) is 0 Å². The van der Waals surface area contributed by atoms with E-state index in [1.165, 1.54) is 0 Å². The summed E-state index contributed by atoms with van der Waals surface area (Å²) in [7, 11) is 0. The summed E-state index contributed by atoms with van der Waals surface area (Å²) in [5.41, 5.74) is 0.871. The van der Waals surface area contributed by atoms with Gasteiger partial charge in [0.15, 0.2) is 0 Å². The van der Waals surface area contributed by atoms with Gasteiger partial charge in [0, 0.05) is 10.3 Å². The minimum Gasteiger partial charge on any atom is -0.481 e. The molecule has 0 fully saturated rings. The molecule has 0 unspecified atom stereocenters. The van der Waals surface area contributed by atoms with Crippen LogP contribution < -0.4 is 0 Å². The standard InChI is InChI=1S/C12H19NO2S/c1-5-6-9-13-11(12(2,3)4)8(16-9)7-10(14)15/h5-7H2,1-4H3,(H,14,15). The molecule has 0 saturated heterocycles. The summed E-state index contributed by atoms with van der Waals surface area (Å²) in [4.78, 5) is 16.3. The molecule has 1 aromatic heterocycles. The molecule has 0 saturated carbocycles. The van der Waals surface area contributed by atoms with Crippen LogP contribution in [0.15, 0.2) is 0 Å². The third kappa shape index (κ3) is 3.30. The lowest BCUT2D eigenvalue weighted by Gasteiger charge is -2.16. The molecule has 1 aromatic rings. The van der Waals surface area contributed by atoms with Crippen LogP contribution in [-0.2, 0) is 23.1 Å². The Morgan fingerprint density at radius 1 is 1.44 bits per heavy atom. The van der Waals surface area contributed by atoms with Gasteiger partial charge in [0.05, 0.1) is 17.1 Å². The van der Waals surface area contributed by atoms with Crippen LogP contribution in [0.25, 0.3) is 0 Å². The number of aryl methyl sites for hydroxylation is 1. The van der Waals surface area contributed by atoms with Crippen LogP contribution in [0.3, 0.4) is 0 Å². The molecule has 0 spiro atoms. The van der Waals surface area contributed by atoms with Crippen LogP contribution >= 0.6 is 11.3 Å². The van der Waals surface area contributed by atoms with E-state index in [1.807, 2.05) is 0 Å². The van der Waals surface area contributed by atoms with Crippen molar-refractivity contribution in [2.45, 2.75) is 52.4 Å². The summed E-state index contributed by atoms with van der Waals surface area (Å²) >= 11 is 1.55. The zero-order valence-corrected chi connectivity index (χ0v) is 11.1. The molecular formula is C12H19NO2S. The number of nitrogens with zero attached hydrogens (tertiary/aromatic N) is 1. The largest absolute Gasteiger partial charge is 0.481 e. The van der Waals surface area contributed by atoms with Gasteiger partial charge in [-0.3, -0.25) is 4.79 Å². The smallest absolute Gasteiger partial charge is 0.308 e. The molecule has 0 aliphatic rings. The van der Waals surface area contributed by atoms with E-state index in [4.69, 9.17) is 5.11 Å². The van der Waals surface area contributed by atoms with Crippen LogP contribution in [0.5, 0.6) is 0 Å². The lowest BCUT2D eigenvalue weighted by molar-refractivity contribution is -0.136. The van der Waals surface area contributed by atoms with Gasteiger partial charge in [-0.25, -0.2) is 4.98 Å². The summed E-state index contributed by atoms with van der Waals surface area (Å²) < 4.78 is 0. The molecule has 0 aliphatic heterocycles. The number of aliphatic carboxylic acids is 1. The van der Waals surface area contributed by atoms with Crippen molar-refractivity contribution in [3.05, 3.63) is 15.6 Å². The Kier molecular flexibility index (Phi) is 4.08. The number of rotatable bonds is 4. The topological polar surface area (TPSA) is 50.2 Å². The monoisotopic (exact) mass is 241 g/mol. The first-order valence-corrected chi connectivity index (χ1v) is 6.37. The minimum atomic E-state index is -0.780. The maximum Gasteiger partial charge on any atom is 0.308 e. The first-order valence-electron chi connectivity index (χ1n) is 5.55. The van der Waals surface area contributed by atoms with Gasteiger partial charge in [0.25, 0.3) is 0 Å². The van der Waals surface area contributed by atoms with E-state index in [1.54, 1.807) is 11.3 Å². The Bertz CT molecular complexity index is 377. The van der Waals surface area contributed by atoms with Crippen molar-refractivity contribution >= 4 is 17.3 Å². The highest BCUT2D eigenvalue weighted by atomic mass is 32.1. The van der Waals surface area contributed by atoms with Gasteiger partial charge in [-0.15, -0.1) is 11.3 Å². The highest BCUT2D eigenvalue weighted by Crippen LogP contribution is 2.30. The molecule has 3 nitrogen and oxygen atoms in total. The van der Waals surface area contributed by atoms with Crippen LogP contribution in [0.4, 0.5) is 0 Å². The fraction of sp³-hybridized carbons (Fsp3) is 0.667. The van der Waals surface area contributed by atoms with E-state index in [2.05, 4.69) is 32.7 Å². The van der Waals surface area contributed by atoms with Gasteiger partial charge in [0.2, 0.25) is 0 Å². The number of carboxylic acid groups (broad SMARTS) is 1. The zero-order chi connectivity index (χ0) is 12.3. The molecule has 0 aliphatic carbocycles. The van der Waals surface area contributed by atoms with Crippen LogP contribution in [0, 0.1) is 0 Å². The fourth-order valence-corrected chi connectivity index (χ4v) is 2.94. The minimum absolute atomic E-state index is 0.0761. The van der Waals surface area contributed by atoms with E-state index < -0.39 is 5.97 Å². The van der Waals surface area contributed by atoms with E-state index in [0.29, 0.717) is 0 Å². The van der Waals surface area contributed by atoms with Crippen molar-refractivity contribution in [3.63, 3.8) is 0 Å². The molecular weight excluding hydrogens is 222 g/mol. The summed E-state index contributed by atoms with van der Waals surface area (Å²) in [6.45, 7) is 8.32. The second-order valence-electron chi connectivity index (χ2n) is 4.95. The first kappa shape index (κ1) is 13.2. The van der Waals surface area contributed by atoms with Crippen LogP contribution in [-0.4, -0.2) is 16.1 Å². The number of hydrogen-bond acceptors (Lipinski definition) is 3. The van der Waals surface area contributed by atoms with Gasteiger partial charge < -0.3 is 5.11 Å². The molecule has 90 valence electrons. The van der Waals surface area contributed by atoms with Gasteiger partial charge in [-0.2, -0.15) is 0 Å². The summed E-state index contributed by atoms with van der Waals surface area (Å²) in [6.07, 6.45) is 2.07. The molecule has 0 bridgehead atoms. The first-order chi connectivity index (χ1) is 7.34. The predicted octanol–water partition coefficient (Wildman–Crippen LogP) is 3.02. The van der Waals surface area contributed by atoms with Crippen molar-refractivity contribution < 1.29 is 9.90 Å². The molecule has 1 N–H and O–H groups in total. The summed E-state index contributed by atoms with van der Waals surface area (Å²) in [6, 6.07) is 0. The average molecular weight is 241 g/mol. The SMILES string of the molecule is CCCc1nc(C(C)(C)C)c(CC(=O)O)s1. The third-order valence-electron chi connectivity index (χ3n) is 2.23. The van der Waals surface area contributed by atoms with Gasteiger partial charge in [0.1, 0.15) is 0 Å². The van der Waals surface area contributed by atoms with E-state index in [0.717, 1.165) is 28.4 Å². The maximum absolute atomic E-state index is 10.8. The number of carbonyl (C=O) groups is 1. The third-order valence-corrected chi connectivity index (χ3v) is 3.34. The van der Waals surface area contributed by atoms with Gasteiger partial charge in [-0.05, 0) is 12.8 Å². The lowest BCUT2D eigenvalue weighted by Crippen LogP contribution is -2.15. The number of thiazole rings is 1. The highest BCUT2D eigenvalue weighted by Gasteiger charge is 2.24. The Morgan fingerprint density at radius 3 is 2.50 bits per heavy atom. The van der Waals surface area contributed by atoms with E-state index in [9.17, 15) is 4.79 Å². The summed E-state index contributed by atoms with van der Waals surface area (Å²) in [5, 5.41) is 9.93. The van der Waals surface area contributed by atoms with Crippen molar-refractivity contribution in [2.24, 2.45) is 0 Å². The normalized spacial score (nSPS) is 11.8. The second kappa shape index (κ2) is 4.95. The van der Waals surface area contributed by atoms with Crippen molar-refractivity contribution in [3.8, 4) is 0 Å². The average Bonchev–Trinajstić information content (AvgIpc) is 2.46.